The Bertz CT molecular complexity index is 287. The molecule has 0 amide bonds. The molecular formula is C12H16O. The average Bonchev–Trinajstić information content (AvgIpc) is 2.49. The van der Waals surface area contributed by atoms with Crippen LogP contribution in [0.15, 0.2) is 12.2 Å². The molecule has 0 aromatic carbocycles. The van der Waals surface area contributed by atoms with Crippen LogP contribution in [-0.4, -0.2) is 5.78 Å². The number of carbonyl (C=O) groups excluding carboxylic acids is 1. The van der Waals surface area contributed by atoms with Crippen molar-refractivity contribution in [1.82, 2.24) is 0 Å². The molecule has 70 valence electrons. The zero-order valence-corrected chi connectivity index (χ0v) is 8.01. The predicted molar refractivity (Wildman–Crippen MR) is 51.3 cm³/mol. The van der Waals surface area contributed by atoms with Crippen LogP contribution in [0.4, 0.5) is 0 Å². The first-order valence-corrected chi connectivity index (χ1v) is 5.47. The topological polar surface area (TPSA) is 17.1 Å². The molecular weight excluding hydrogens is 160 g/mol. The van der Waals surface area contributed by atoms with Crippen molar-refractivity contribution in [1.29, 1.82) is 0 Å². The maximum absolute atomic E-state index is 11.6. The fourth-order valence-electron chi connectivity index (χ4n) is 4.10. The monoisotopic (exact) mass is 176 g/mol. The quantitative estimate of drug-likeness (QED) is 0.519. The van der Waals surface area contributed by atoms with Crippen molar-refractivity contribution < 1.29 is 4.79 Å². The Hall–Kier alpha value is -0.590. The summed E-state index contributed by atoms with van der Waals surface area (Å²) in [5, 5.41) is 0. The van der Waals surface area contributed by atoms with Gasteiger partial charge in [-0.05, 0) is 36.7 Å². The Morgan fingerprint density at radius 3 is 2.92 bits per heavy atom. The number of rotatable bonds is 0. The maximum Gasteiger partial charge on any atom is 0.159 e. The fraction of sp³-hybridized carbons (Fsp3) is 0.750. The van der Waals surface area contributed by atoms with Crippen LogP contribution in [-0.2, 0) is 4.79 Å². The van der Waals surface area contributed by atoms with Gasteiger partial charge in [-0.1, -0.05) is 19.4 Å². The summed E-state index contributed by atoms with van der Waals surface area (Å²) in [6.45, 7) is 4.04. The summed E-state index contributed by atoms with van der Waals surface area (Å²) in [6.07, 6.45) is 7.38. The highest BCUT2D eigenvalue weighted by Crippen LogP contribution is 2.63. The zero-order valence-electron chi connectivity index (χ0n) is 8.01. The molecule has 0 aromatic heterocycles. The van der Waals surface area contributed by atoms with E-state index in [1.165, 1.54) is 32.1 Å². The minimum Gasteiger partial charge on any atom is -0.295 e. The fourth-order valence-corrected chi connectivity index (χ4v) is 4.10. The van der Waals surface area contributed by atoms with Gasteiger partial charge in [-0.25, -0.2) is 0 Å². The lowest BCUT2D eigenvalue weighted by atomic mass is 9.68. The molecule has 0 unspecified atom stereocenters. The number of hydrogen-bond acceptors (Lipinski definition) is 1. The summed E-state index contributed by atoms with van der Waals surface area (Å²) in [7, 11) is 0. The van der Waals surface area contributed by atoms with E-state index in [4.69, 9.17) is 0 Å². The zero-order chi connectivity index (χ0) is 9.05. The van der Waals surface area contributed by atoms with Crippen molar-refractivity contribution in [2.45, 2.75) is 38.5 Å². The van der Waals surface area contributed by atoms with Crippen molar-refractivity contribution in [3.63, 3.8) is 0 Å². The van der Waals surface area contributed by atoms with Crippen molar-refractivity contribution >= 4 is 5.78 Å². The van der Waals surface area contributed by atoms with Gasteiger partial charge in [0, 0.05) is 11.8 Å². The van der Waals surface area contributed by atoms with Crippen molar-refractivity contribution in [3.05, 3.63) is 12.2 Å². The lowest BCUT2D eigenvalue weighted by Crippen LogP contribution is -2.28. The van der Waals surface area contributed by atoms with E-state index >= 15 is 0 Å². The minimum absolute atomic E-state index is 0.292. The van der Waals surface area contributed by atoms with Gasteiger partial charge < -0.3 is 0 Å². The predicted octanol–water partition coefficient (Wildman–Crippen LogP) is 2.71. The molecule has 0 aromatic rings. The number of ketones is 1. The molecule has 0 saturated heterocycles. The highest BCUT2D eigenvalue weighted by atomic mass is 16.1. The molecule has 3 saturated carbocycles. The van der Waals surface area contributed by atoms with Gasteiger partial charge >= 0.3 is 0 Å². The first kappa shape index (κ1) is 7.78. The molecule has 3 rings (SSSR count). The van der Waals surface area contributed by atoms with Crippen LogP contribution in [0.2, 0.25) is 0 Å². The van der Waals surface area contributed by atoms with Crippen LogP contribution in [0.3, 0.4) is 0 Å². The normalized spacial score (nSPS) is 48.3. The second-order valence-electron chi connectivity index (χ2n) is 5.06. The van der Waals surface area contributed by atoms with Gasteiger partial charge in [-0.2, -0.15) is 0 Å². The molecule has 3 aliphatic carbocycles. The average molecular weight is 176 g/mol. The van der Waals surface area contributed by atoms with E-state index in [0.717, 1.165) is 17.9 Å². The van der Waals surface area contributed by atoms with Crippen LogP contribution >= 0.6 is 0 Å². The summed E-state index contributed by atoms with van der Waals surface area (Å²) < 4.78 is 0. The smallest absolute Gasteiger partial charge is 0.159 e. The summed E-state index contributed by atoms with van der Waals surface area (Å²) in [4.78, 5) is 11.6. The van der Waals surface area contributed by atoms with Gasteiger partial charge in [0.2, 0.25) is 0 Å². The Morgan fingerprint density at radius 1 is 1.31 bits per heavy atom. The summed E-state index contributed by atoms with van der Waals surface area (Å²) in [5.41, 5.74) is 1.28. The van der Waals surface area contributed by atoms with Gasteiger partial charge in [0.1, 0.15) is 0 Å². The first-order chi connectivity index (χ1) is 6.24. The number of allylic oxidation sites excluding steroid dienone is 1. The highest BCUT2D eigenvalue weighted by Gasteiger charge is 2.57. The Kier molecular flexibility index (Phi) is 1.35. The van der Waals surface area contributed by atoms with E-state index in [1.54, 1.807) is 0 Å². The molecule has 0 N–H and O–H groups in total. The van der Waals surface area contributed by atoms with Crippen molar-refractivity contribution in [2.75, 3.05) is 0 Å². The molecule has 3 aliphatic rings. The number of hydrogen-bond donors (Lipinski definition) is 0. The molecule has 3 atom stereocenters. The van der Waals surface area contributed by atoms with Gasteiger partial charge in [0.25, 0.3) is 0 Å². The minimum atomic E-state index is 0.292. The van der Waals surface area contributed by atoms with E-state index in [0.29, 0.717) is 17.1 Å². The van der Waals surface area contributed by atoms with Crippen LogP contribution in [0, 0.1) is 17.3 Å². The Balaban J connectivity index is 2.08. The van der Waals surface area contributed by atoms with E-state index in [-0.39, 0.29) is 0 Å². The highest BCUT2D eigenvalue weighted by molar-refractivity contribution is 5.99. The van der Waals surface area contributed by atoms with Crippen molar-refractivity contribution in [2.24, 2.45) is 17.3 Å². The van der Waals surface area contributed by atoms with Gasteiger partial charge in [-0.3, -0.25) is 4.79 Å². The summed E-state index contributed by atoms with van der Waals surface area (Å²) in [6, 6.07) is 0. The SMILES string of the molecule is C=C1C(=O)C[C@@H]2[C@H]3CCC[C@@]12CC3. The second kappa shape index (κ2) is 2.26. The molecule has 1 nitrogen and oxygen atoms in total. The first-order valence-electron chi connectivity index (χ1n) is 5.47. The third kappa shape index (κ3) is 0.762. The molecule has 13 heavy (non-hydrogen) atoms. The third-order valence-electron chi connectivity index (χ3n) is 4.78. The third-order valence-corrected chi connectivity index (χ3v) is 4.78. The summed E-state index contributed by atoms with van der Waals surface area (Å²) >= 11 is 0. The lowest BCUT2D eigenvalue weighted by molar-refractivity contribution is -0.115. The molecule has 0 heterocycles. The standard InChI is InChI=1S/C12H16O/c1-8-11(13)7-10-9-3-2-5-12(8,10)6-4-9/h9-10H,1-7H2/t9-,10+,12+/m0/s1. The van der Waals surface area contributed by atoms with Crippen LogP contribution < -0.4 is 0 Å². The van der Waals surface area contributed by atoms with Gasteiger partial charge in [0.05, 0.1) is 0 Å². The number of Topliss-reactive ketones (excluding diaryl/α,β-unsaturated/α-hetero) is 1. The van der Waals surface area contributed by atoms with Crippen LogP contribution in [0.5, 0.6) is 0 Å². The van der Waals surface area contributed by atoms with E-state index in [1.807, 2.05) is 0 Å². The molecule has 1 heteroatoms. The van der Waals surface area contributed by atoms with Crippen molar-refractivity contribution in [3.8, 4) is 0 Å². The van der Waals surface area contributed by atoms with Crippen LogP contribution in [0.1, 0.15) is 38.5 Å². The van der Waals surface area contributed by atoms with E-state index in [2.05, 4.69) is 6.58 Å². The molecule has 2 bridgehead atoms. The molecule has 0 aliphatic heterocycles. The van der Waals surface area contributed by atoms with Gasteiger partial charge in [-0.15, -0.1) is 0 Å². The molecule has 3 fully saturated rings. The summed E-state index contributed by atoms with van der Waals surface area (Å²) in [5.74, 6) is 1.93. The maximum atomic E-state index is 11.6. The van der Waals surface area contributed by atoms with E-state index < -0.39 is 0 Å². The Morgan fingerprint density at radius 2 is 2.15 bits per heavy atom. The Labute approximate surface area is 79.2 Å². The molecule has 0 spiro atoms. The largest absolute Gasteiger partial charge is 0.295 e. The lowest BCUT2D eigenvalue weighted by Gasteiger charge is -2.35. The van der Waals surface area contributed by atoms with Gasteiger partial charge in [0.15, 0.2) is 5.78 Å². The number of carbonyl (C=O) groups is 1. The second-order valence-corrected chi connectivity index (χ2v) is 5.06. The molecule has 0 radical (unpaired) electrons. The van der Waals surface area contributed by atoms with E-state index in [9.17, 15) is 4.79 Å². The van der Waals surface area contributed by atoms with Crippen LogP contribution in [0.25, 0.3) is 0 Å².